The van der Waals surface area contributed by atoms with Crippen molar-refractivity contribution in [2.24, 2.45) is 5.92 Å². The smallest absolute Gasteiger partial charge is 0.410 e. The molecule has 1 fully saturated rings. The van der Waals surface area contributed by atoms with E-state index in [9.17, 15) is 4.79 Å². The molecule has 1 aliphatic rings. The van der Waals surface area contributed by atoms with Crippen molar-refractivity contribution in [3.05, 3.63) is 58.1 Å². The van der Waals surface area contributed by atoms with E-state index in [0.29, 0.717) is 42.3 Å². The normalized spacial score (nSPS) is 16.8. The van der Waals surface area contributed by atoms with Crippen LogP contribution in [0.5, 0.6) is 6.01 Å². The number of hydrogen-bond acceptors (Lipinski definition) is 4. The summed E-state index contributed by atoms with van der Waals surface area (Å²) in [5.41, 5.74) is 2.10. The number of carbonyl (C=O) groups excluding carboxylic acids is 1. The fraction of sp³-hybridized carbons (Fsp3) is 0.440. The molecule has 2 heterocycles. The van der Waals surface area contributed by atoms with Crippen LogP contribution in [-0.4, -0.2) is 45.8 Å². The lowest BCUT2D eigenvalue weighted by Crippen LogP contribution is -2.44. The molecule has 0 saturated carbocycles. The van der Waals surface area contributed by atoms with E-state index in [1.165, 1.54) is 0 Å². The zero-order chi connectivity index (χ0) is 23.6. The molecule has 1 aliphatic heterocycles. The van der Waals surface area contributed by atoms with Crippen LogP contribution in [0.15, 0.2) is 42.5 Å². The third-order valence-electron chi connectivity index (χ3n) is 5.62. The highest BCUT2D eigenvalue weighted by Gasteiger charge is 2.28. The molecule has 3 aromatic rings. The Balaban J connectivity index is 1.51. The second-order valence-electron chi connectivity index (χ2n) is 9.42. The van der Waals surface area contributed by atoms with Gasteiger partial charge in [0.1, 0.15) is 5.60 Å². The molecule has 1 saturated heterocycles. The molecule has 1 amide bonds. The van der Waals surface area contributed by atoms with E-state index >= 15 is 0 Å². The third-order valence-corrected chi connectivity index (χ3v) is 6.32. The lowest BCUT2D eigenvalue weighted by molar-refractivity contribution is 0.0136. The first-order valence-corrected chi connectivity index (χ1v) is 12.0. The van der Waals surface area contributed by atoms with Crippen molar-refractivity contribution in [1.82, 2.24) is 14.5 Å². The number of benzene rings is 2. The SMILES string of the molecule is CC(C)(C)OC(=O)N1CCC[C@H](COc2nc3ccccc3n2Cc2c(Cl)cccc2Cl)C1. The van der Waals surface area contributed by atoms with E-state index in [-0.39, 0.29) is 12.0 Å². The van der Waals surface area contributed by atoms with Crippen LogP contribution < -0.4 is 4.74 Å². The summed E-state index contributed by atoms with van der Waals surface area (Å²) in [5, 5.41) is 1.21. The van der Waals surface area contributed by atoms with E-state index in [2.05, 4.69) is 0 Å². The number of piperidine rings is 1. The quantitative estimate of drug-likeness (QED) is 0.414. The largest absolute Gasteiger partial charge is 0.464 e. The number of amides is 1. The lowest BCUT2D eigenvalue weighted by atomic mass is 9.99. The standard InChI is InChI=1S/C25H29Cl2N3O3/c1-25(2,3)33-24(31)29-13-7-8-17(14-29)16-32-23-28-21-11-4-5-12-22(21)30(23)15-18-19(26)9-6-10-20(18)27/h4-6,9-12,17H,7-8,13-16H2,1-3H3/t17-/m0/s1. The van der Waals surface area contributed by atoms with Crippen molar-refractivity contribution in [3.63, 3.8) is 0 Å². The second kappa shape index (κ2) is 9.82. The Morgan fingerprint density at radius 1 is 1.12 bits per heavy atom. The first-order chi connectivity index (χ1) is 15.7. The summed E-state index contributed by atoms with van der Waals surface area (Å²) >= 11 is 12.9. The predicted molar refractivity (Wildman–Crippen MR) is 131 cm³/mol. The average molecular weight is 490 g/mol. The molecule has 1 aromatic heterocycles. The van der Waals surface area contributed by atoms with Crippen molar-refractivity contribution in [2.45, 2.75) is 45.8 Å². The van der Waals surface area contributed by atoms with Crippen LogP contribution in [0.4, 0.5) is 4.79 Å². The number of carbonyl (C=O) groups is 1. The molecule has 2 aromatic carbocycles. The van der Waals surface area contributed by atoms with Crippen molar-refractivity contribution in [3.8, 4) is 6.01 Å². The van der Waals surface area contributed by atoms with Crippen molar-refractivity contribution in [1.29, 1.82) is 0 Å². The van der Waals surface area contributed by atoms with E-state index in [1.54, 1.807) is 4.90 Å². The zero-order valence-electron chi connectivity index (χ0n) is 19.2. The molecular formula is C25H29Cl2N3O3. The van der Waals surface area contributed by atoms with Crippen LogP contribution in [0, 0.1) is 5.92 Å². The van der Waals surface area contributed by atoms with E-state index < -0.39 is 5.60 Å². The highest BCUT2D eigenvalue weighted by molar-refractivity contribution is 6.36. The second-order valence-corrected chi connectivity index (χ2v) is 10.2. The fourth-order valence-electron chi connectivity index (χ4n) is 4.04. The Labute approximate surface area is 204 Å². The van der Waals surface area contributed by atoms with Crippen LogP contribution in [-0.2, 0) is 11.3 Å². The molecule has 0 bridgehead atoms. The third kappa shape index (κ3) is 5.74. The highest BCUT2D eigenvalue weighted by atomic mass is 35.5. The number of nitrogens with zero attached hydrogens (tertiary/aromatic N) is 3. The molecule has 0 spiro atoms. The van der Waals surface area contributed by atoms with Gasteiger partial charge in [0.05, 0.1) is 24.2 Å². The number of halogens is 2. The number of hydrogen-bond donors (Lipinski definition) is 0. The summed E-state index contributed by atoms with van der Waals surface area (Å²) < 4.78 is 13.8. The van der Waals surface area contributed by atoms with Crippen LogP contribution >= 0.6 is 23.2 Å². The lowest BCUT2D eigenvalue weighted by Gasteiger charge is -2.33. The van der Waals surface area contributed by atoms with Crippen molar-refractivity contribution < 1.29 is 14.3 Å². The fourth-order valence-corrected chi connectivity index (χ4v) is 4.56. The number of rotatable bonds is 5. The molecule has 0 unspecified atom stereocenters. The Morgan fingerprint density at radius 2 is 1.85 bits per heavy atom. The summed E-state index contributed by atoms with van der Waals surface area (Å²) in [6, 6.07) is 13.9. The Kier molecular flexibility index (Phi) is 7.05. The van der Waals surface area contributed by atoms with E-state index in [0.717, 1.165) is 29.4 Å². The number of imidazole rings is 1. The molecule has 0 N–H and O–H groups in total. The predicted octanol–water partition coefficient (Wildman–Crippen LogP) is 6.42. The minimum atomic E-state index is -0.509. The van der Waals surface area contributed by atoms with Gasteiger partial charge in [-0.2, -0.15) is 4.98 Å². The maximum absolute atomic E-state index is 12.5. The molecule has 4 rings (SSSR count). The number of fused-ring (bicyclic) bond motifs is 1. The molecule has 176 valence electrons. The first kappa shape index (κ1) is 23.7. The summed E-state index contributed by atoms with van der Waals surface area (Å²) in [6.45, 7) is 7.85. The number of likely N-dealkylation sites (tertiary alicyclic amines) is 1. The van der Waals surface area contributed by atoms with Crippen LogP contribution in [0.25, 0.3) is 11.0 Å². The van der Waals surface area contributed by atoms with Gasteiger partial charge in [-0.1, -0.05) is 41.4 Å². The maximum Gasteiger partial charge on any atom is 0.410 e. The van der Waals surface area contributed by atoms with Crippen LogP contribution in [0.2, 0.25) is 10.0 Å². The van der Waals surface area contributed by atoms with E-state index in [4.69, 9.17) is 37.7 Å². The van der Waals surface area contributed by atoms with Gasteiger partial charge in [0.2, 0.25) is 0 Å². The molecule has 33 heavy (non-hydrogen) atoms. The van der Waals surface area contributed by atoms with Crippen LogP contribution in [0.3, 0.4) is 0 Å². The summed E-state index contributed by atoms with van der Waals surface area (Å²) in [4.78, 5) is 19.0. The van der Waals surface area contributed by atoms with Gasteiger partial charge in [0.15, 0.2) is 0 Å². The molecule has 0 radical (unpaired) electrons. The van der Waals surface area contributed by atoms with Gasteiger partial charge in [-0.05, 0) is 57.9 Å². The topological polar surface area (TPSA) is 56.6 Å². The van der Waals surface area contributed by atoms with E-state index in [1.807, 2.05) is 67.8 Å². The average Bonchev–Trinajstić information content (AvgIpc) is 3.11. The summed E-state index contributed by atoms with van der Waals surface area (Å²) in [7, 11) is 0. The van der Waals surface area contributed by atoms with Crippen LogP contribution in [0.1, 0.15) is 39.2 Å². The minimum absolute atomic E-state index is 0.198. The summed E-state index contributed by atoms with van der Waals surface area (Å²) in [5.74, 6) is 0.198. The van der Waals surface area contributed by atoms with Gasteiger partial charge in [0.25, 0.3) is 6.01 Å². The number of aromatic nitrogens is 2. The Morgan fingerprint density at radius 3 is 2.58 bits per heavy atom. The monoisotopic (exact) mass is 489 g/mol. The zero-order valence-corrected chi connectivity index (χ0v) is 20.7. The maximum atomic E-state index is 12.5. The van der Waals surface area contributed by atoms with Gasteiger partial charge in [-0.25, -0.2) is 4.79 Å². The van der Waals surface area contributed by atoms with Gasteiger partial charge < -0.3 is 14.4 Å². The van der Waals surface area contributed by atoms with Crippen molar-refractivity contribution in [2.75, 3.05) is 19.7 Å². The molecule has 6 nitrogen and oxygen atoms in total. The first-order valence-electron chi connectivity index (χ1n) is 11.2. The summed E-state index contributed by atoms with van der Waals surface area (Å²) in [6.07, 6.45) is 1.63. The molecule has 0 aliphatic carbocycles. The minimum Gasteiger partial charge on any atom is -0.464 e. The molecule has 8 heteroatoms. The highest BCUT2D eigenvalue weighted by Crippen LogP contribution is 2.30. The Hall–Kier alpha value is -2.44. The van der Waals surface area contributed by atoms with Gasteiger partial charge in [0, 0.05) is 34.6 Å². The molecular weight excluding hydrogens is 461 g/mol. The van der Waals surface area contributed by atoms with Gasteiger partial charge in [-0.15, -0.1) is 0 Å². The van der Waals surface area contributed by atoms with Gasteiger partial charge >= 0.3 is 6.09 Å². The molecule has 1 atom stereocenters. The Bertz CT molecular complexity index is 1120. The number of para-hydroxylation sites is 2. The number of ether oxygens (including phenoxy) is 2. The van der Waals surface area contributed by atoms with Crippen molar-refractivity contribution >= 4 is 40.3 Å². The van der Waals surface area contributed by atoms with Gasteiger partial charge in [-0.3, -0.25) is 4.57 Å².